The zero-order valence-corrected chi connectivity index (χ0v) is 43.4. The standard InChI is InChI=1S/C73H46N2S2/c1-5-21-48(22-6-1)73(49-23-7-2-8-24-49)69-54-43-40-52(74(50-25-9-3-10-26-50)64-35-19-33-60-56-30-15-17-37-66(56)76-71(60)64)45-47(54)39-42-62(69)68-58-32-14-13-29-55(58)63-46-53(41-44-59(63)70(68)73)75(51-27-11-4-12-28-51)65-36-20-34-61-57-31-16-18-38-67(57)77-72(61)65/h1-46H. The molecule has 1 aliphatic carbocycles. The van der Waals surface area contributed by atoms with Gasteiger partial charge in [0.2, 0.25) is 0 Å². The molecule has 0 unspecified atom stereocenters. The number of fused-ring (bicyclic) bond motifs is 16. The first-order valence-electron chi connectivity index (χ1n) is 26.4. The minimum Gasteiger partial charge on any atom is -0.309 e. The van der Waals surface area contributed by atoms with Gasteiger partial charge in [0, 0.05) is 53.7 Å². The van der Waals surface area contributed by atoms with Crippen LogP contribution >= 0.6 is 22.7 Å². The van der Waals surface area contributed by atoms with E-state index in [-0.39, 0.29) is 0 Å². The molecule has 2 aromatic heterocycles. The van der Waals surface area contributed by atoms with Crippen molar-refractivity contribution >= 4 is 129 Å². The molecule has 0 bridgehead atoms. The van der Waals surface area contributed by atoms with E-state index in [1.54, 1.807) is 0 Å². The lowest BCUT2D eigenvalue weighted by atomic mass is 9.65. The van der Waals surface area contributed by atoms with Crippen LogP contribution in [0.3, 0.4) is 0 Å². The topological polar surface area (TPSA) is 6.48 Å². The quantitative estimate of drug-likeness (QED) is 0.140. The first kappa shape index (κ1) is 44.0. The first-order chi connectivity index (χ1) is 38.2. The third-order valence-electron chi connectivity index (χ3n) is 16.2. The molecule has 0 spiro atoms. The third-order valence-corrected chi connectivity index (χ3v) is 18.7. The van der Waals surface area contributed by atoms with E-state index >= 15 is 0 Å². The lowest BCUT2D eigenvalue weighted by Crippen LogP contribution is -2.29. The predicted molar refractivity (Wildman–Crippen MR) is 331 cm³/mol. The van der Waals surface area contributed by atoms with Gasteiger partial charge in [-0.1, -0.05) is 206 Å². The molecular formula is C73H46N2S2. The number of thiophene rings is 2. The van der Waals surface area contributed by atoms with Crippen LogP contribution in [-0.2, 0) is 5.41 Å². The predicted octanol–water partition coefficient (Wildman–Crippen LogP) is 21.2. The minimum absolute atomic E-state index is 0.693. The van der Waals surface area contributed by atoms with E-state index in [2.05, 4.69) is 289 Å². The zero-order chi connectivity index (χ0) is 50.6. The Hall–Kier alpha value is -9.32. The number of nitrogens with zero attached hydrogens (tertiary/aromatic N) is 2. The van der Waals surface area contributed by atoms with Crippen LogP contribution in [0, 0.1) is 0 Å². The molecule has 4 heteroatoms. The van der Waals surface area contributed by atoms with Gasteiger partial charge in [-0.15, -0.1) is 22.7 Å². The molecule has 0 radical (unpaired) electrons. The molecule has 0 amide bonds. The van der Waals surface area contributed by atoms with Crippen LogP contribution in [0.15, 0.2) is 279 Å². The van der Waals surface area contributed by atoms with E-state index in [0.717, 1.165) is 22.7 Å². The summed E-state index contributed by atoms with van der Waals surface area (Å²) in [6, 6.07) is 104. The maximum absolute atomic E-state index is 2.47. The van der Waals surface area contributed by atoms with Gasteiger partial charge in [-0.25, -0.2) is 0 Å². The largest absolute Gasteiger partial charge is 0.309 e. The molecule has 2 nitrogen and oxygen atoms in total. The van der Waals surface area contributed by atoms with Gasteiger partial charge >= 0.3 is 0 Å². The van der Waals surface area contributed by atoms with E-state index in [1.165, 1.54) is 117 Å². The summed E-state index contributed by atoms with van der Waals surface area (Å²) in [5.74, 6) is 0. The summed E-state index contributed by atoms with van der Waals surface area (Å²) < 4.78 is 5.14. The van der Waals surface area contributed by atoms with Crippen molar-refractivity contribution in [3.63, 3.8) is 0 Å². The molecule has 77 heavy (non-hydrogen) atoms. The Morgan fingerprint density at radius 3 is 1.29 bits per heavy atom. The fourth-order valence-corrected chi connectivity index (χ4v) is 15.5. The molecule has 0 fully saturated rings. The molecule has 0 N–H and O–H groups in total. The summed E-state index contributed by atoms with van der Waals surface area (Å²) in [6.07, 6.45) is 0. The molecule has 15 aromatic rings. The number of hydrogen-bond donors (Lipinski definition) is 0. The Kier molecular flexibility index (Phi) is 9.93. The van der Waals surface area contributed by atoms with Gasteiger partial charge < -0.3 is 9.80 Å². The average molecular weight is 1020 g/mol. The summed E-state index contributed by atoms with van der Waals surface area (Å²) >= 11 is 3.75. The first-order valence-corrected chi connectivity index (χ1v) is 28.0. The smallest absolute Gasteiger partial charge is 0.0725 e. The van der Waals surface area contributed by atoms with Gasteiger partial charge in [-0.2, -0.15) is 0 Å². The van der Waals surface area contributed by atoms with Crippen molar-refractivity contribution in [2.45, 2.75) is 5.41 Å². The van der Waals surface area contributed by atoms with Gasteiger partial charge in [-0.3, -0.25) is 0 Å². The number of anilines is 6. The third kappa shape index (κ3) is 6.53. The molecule has 16 rings (SSSR count). The Morgan fingerprint density at radius 2 is 0.727 bits per heavy atom. The van der Waals surface area contributed by atoms with Crippen LogP contribution in [0.2, 0.25) is 0 Å². The SMILES string of the molecule is c1ccc(N(c2ccc3c4c(ccc3c2)-c2c(c3ccc(N(c5ccccc5)c5cccc6c5sc5ccccc56)cc3c3ccccc23)C4(c2ccccc2)c2ccccc2)c2cccc3c2sc2ccccc23)cc1. The molecule has 0 saturated heterocycles. The minimum atomic E-state index is -0.693. The number of para-hydroxylation sites is 2. The van der Waals surface area contributed by atoms with Crippen LogP contribution in [0.4, 0.5) is 34.1 Å². The molecule has 2 heterocycles. The second kappa shape index (κ2) is 17.4. The molecule has 0 aliphatic heterocycles. The van der Waals surface area contributed by atoms with Gasteiger partial charge in [-0.05, 0) is 138 Å². The fourth-order valence-electron chi connectivity index (χ4n) is 13.1. The Bertz CT molecular complexity index is 4770. The lowest BCUT2D eigenvalue weighted by Gasteiger charge is -2.36. The molecule has 0 saturated carbocycles. The van der Waals surface area contributed by atoms with Crippen LogP contribution in [0.25, 0.3) is 83.8 Å². The Labute approximate surface area is 454 Å². The lowest BCUT2D eigenvalue weighted by molar-refractivity contribution is 0.783. The monoisotopic (exact) mass is 1010 g/mol. The van der Waals surface area contributed by atoms with Gasteiger partial charge in [0.25, 0.3) is 0 Å². The van der Waals surface area contributed by atoms with Crippen molar-refractivity contribution in [1.29, 1.82) is 0 Å². The molecule has 0 atom stereocenters. The van der Waals surface area contributed by atoms with Crippen molar-refractivity contribution in [3.05, 3.63) is 301 Å². The maximum atomic E-state index is 2.47. The van der Waals surface area contributed by atoms with Crippen LogP contribution in [0.5, 0.6) is 0 Å². The molecule has 360 valence electrons. The molecule has 13 aromatic carbocycles. The van der Waals surface area contributed by atoms with Gasteiger partial charge in [0.1, 0.15) is 0 Å². The van der Waals surface area contributed by atoms with E-state index in [0.29, 0.717) is 0 Å². The van der Waals surface area contributed by atoms with E-state index in [4.69, 9.17) is 0 Å². The van der Waals surface area contributed by atoms with Crippen molar-refractivity contribution in [2.24, 2.45) is 0 Å². The summed E-state index contributed by atoms with van der Waals surface area (Å²) in [5.41, 5.74) is 13.8. The zero-order valence-electron chi connectivity index (χ0n) is 41.8. The van der Waals surface area contributed by atoms with Gasteiger partial charge in [0.05, 0.1) is 26.2 Å². The second-order valence-corrected chi connectivity index (χ2v) is 22.4. The highest BCUT2D eigenvalue weighted by molar-refractivity contribution is 7.26. The maximum Gasteiger partial charge on any atom is 0.0725 e. The normalized spacial score (nSPS) is 12.8. The van der Waals surface area contributed by atoms with E-state index in [9.17, 15) is 0 Å². The summed E-state index contributed by atoms with van der Waals surface area (Å²) in [7, 11) is 0. The van der Waals surface area contributed by atoms with Gasteiger partial charge in [0.15, 0.2) is 0 Å². The highest BCUT2D eigenvalue weighted by atomic mass is 32.1. The highest BCUT2D eigenvalue weighted by Crippen LogP contribution is 2.62. The molecular weight excluding hydrogens is 969 g/mol. The Balaban J connectivity index is 0.972. The number of benzene rings is 13. The van der Waals surface area contributed by atoms with Crippen LogP contribution in [0.1, 0.15) is 22.3 Å². The fraction of sp³-hybridized carbons (Fsp3) is 0.0137. The van der Waals surface area contributed by atoms with Crippen molar-refractivity contribution in [1.82, 2.24) is 0 Å². The molecule has 1 aliphatic rings. The summed E-state index contributed by atoms with van der Waals surface area (Å²) in [4.78, 5) is 4.93. The van der Waals surface area contributed by atoms with E-state index in [1.807, 2.05) is 22.7 Å². The van der Waals surface area contributed by atoms with Crippen molar-refractivity contribution < 1.29 is 0 Å². The number of rotatable bonds is 8. The van der Waals surface area contributed by atoms with Crippen molar-refractivity contribution in [2.75, 3.05) is 9.80 Å². The summed E-state index contributed by atoms with van der Waals surface area (Å²) in [5, 5.41) is 12.5. The van der Waals surface area contributed by atoms with Crippen LogP contribution in [-0.4, -0.2) is 0 Å². The van der Waals surface area contributed by atoms with E-state index < -0.39 is 5.41 Å². The summed E-state index contributed by atoms with van der Waals surface area (Å²) in [6.45, 7) is 0. The second-order valence-electron chi connectivity index (χ2n) is 20.2. The Morgan fingerprint density at radius 1 is 0.273 bits per heavy atom. The van der Waals surface area contributed by atoms with Crippen LogP contribution < -0.4 is 9.80 Å². The van der Waals surface area contributed by atoms with Crippen molar-refractivity contribution in [3.8, 4) is 11.1 Å². The number of hydrogen-bond acceptors (Lipinski definition) is 4. The highest BCUT2D eigenvalue weighted by Gasteiger charge is 2.49. The average Bonchev–Trinajstić information content (AvgIpc) is 3.95.